The van der Waals surface area contributed by atoms with Crippen LogP contribution < -0.4 is 0 Å². The SMILES string of the molecule is CCC(O)CO.O=P(O)(Cl)Cl. The summed E-state index contributed by atoms with van der Waals surface area (Å²) in [7, 11) is 0. The predicted molar refractivity (Wildman–Crippen MR) is 44.9 cm³/mol. The van der Waals surface area contributed by atoms with Gasteiger partial charge in [-0.05, 0) is 28.9 Å². The van der Waals surface area contributed by atoms with Crippen LogP contribution in [0.4, 0.5) is 0 Å². The van der Waals surface area contributed by atoms with E-state index in [9.17, 15) is 4.57 Å². The Morgan fingerprint density at radius 1 is 1.55 bits per heavy atom. The molecule has 0 aromatic heterocycles. The van der Waals surface area contributed by atoms with Gasteiger partial charge in [0.15, 0.2) is 0 Å². The lowest BCUT2D eigenvalue weighted by Gasteiger charge is -1.97. The third-order valence-electron chi connectivity index (χ3n) is 0.682. The van der Waals surface area contributed by atoms with Gasteiger partial charge in [0, 0.05) is 0 Å². The molecule has 0 aromatic rings. The number of hydrogen-bond acceptors (Lipinski definition) is 3. The van der Waals surface area contributed by atoms with Crippen molar-refractivity contribution < 1.29 is 19.7 Å². The van der Waals surface area contributed by atoms with Crippen molar-refractivity contribution in [2.45, 2.75) is 19.4 Å². The van der Waals surface area contributed by atoms with Gasteiger partial charge in [-0.15, -0.1) is 0 Å². The summed E-state index contributed by atoms with van der Waals surface area (Å²) in [6, 6.07) is 0. The van der Waals surface area contributed by atoms with Crippen LogP contribution in [0.5, 0.6) is 0 Å². The molecule has 0 spiro atoms. The van der Waals surface area contributed by atoms with Crippen molar-refractivity contribution >= 4 is 28.6 Å². The molecular weight excluding hydrogens is 214 g/mol. The van der Waals surface area contributed by atoms with Crippen molar-refractivity contribution in [3.05, 3.63) is 0 Å². The minimum atomic E-state index is -3.69. The van der Waals surface area contributed by atoms with Crippen LogP contribution in [0.1, 0.15) is 13.3 Å². The zero-order valence-corrected chi connectivity index (χ0v) is 8.35. The Hall–Kier alpha value is 0.690. The highest BCUT2D eigenvalue weighted by atomic mass is 35.9. The molecule has 0 saturated carbocycles. The second kappa shape index (κ2) is 7.35. The third-order valence-corrected chi connectivity index (χ3v) is 0.682. The zero-order chi connectivity index (χ0) is 9.49. The van der Waals surface area contributed by atoms with Crippen LogP contribution >= 0.6 is 28.6 Å². The minimum Gasteiger partial charge on any atom is -0.394 e. The van der Waals surface area contributed by atoms with Gasteiger partial charge in [0.1, 0.15) is 0 Å². The van der Waals surface area contributed by atoms with E-state index in [1.54, 1.807) is 0 Å². The normalized spacial score (nSPS) is 13.3. The Labute approximate surface area is 74.8 Å². The molecule has 0 aromatic carbocycles. The highest BCUT2D eigenvalue weighted by Crippen LogP contribution is 2.51. The standard InChI is InChI=1S/C4H10O2.Cl2HO2P/c1-2-4(6)3-5;1-5(2,3)4/h4-6H,2-3H2,1H3;(H,3,4). The van der Waals surface area contributed by atoms with Gasteiger partial charge in [0.2, 0.25) is 0 Å². The Morgan fingerprint density at radius 2 is 1.82 bits per heavy atom. The largest absolute Gasteiger partial charge is 0.394 e. The Kier molecular flexibility index (Phi) is 9.50. The molecule has 70 valence electrons. The monoisotopic (exact) mass is 224 g/mol. The number of aliphatic hydroxyl groups excluding tert-OH is 2. The molecule has 3 N–H and O–H groups in total. The van der Waals surface area contributed by atoms with Gasteiger partial charge in [-0.2, -0.15) is 0 Å². The summed E-state index contributed by atoms with van der Waals surface area (Å²) in [5, 5.41) is 16.5. The fourth-order valence-corrected chi connectivity index (χ4v) is 0.129. The van der Waals surface area contributed by atoms with E-state index >= 15 is 0 Å². The maximum atomic E-state index is 9.30. The van der Waals surface area contributed by atoms with E-state index in [2.05, 4.69) is 22.5 Å². The smallest absolute Gasteiger partial charge is 0.377 e. The van der Waals surface area contributed by atoms with Crippen LogP contribution in [0.3, 0.4) is 0 Å². The average Bonchev–Trinajstić information content (AvgIpc) is 1.83. The van der Waals surface area contributed by atoms with E-state index in [1.165, 1.54) is 0 Å². The van der Waals surface area contributed by atoms with Crippen molar-refractivity contribution in [2.75, 3.05) is 6.61 Å². The van der Waals surface area contributed by atoms with Gasteiger partial charge < -0.3 is 15.1 Å². The molecule has 0 heterocycles. The van der Waals surface area contributed by atoms with Gasteiger partial charge in [-0.1, -0.05) is 6.92 Å². The van der Waals surface area contributed by atoms with Crippen LogP contribution in [0, 0.1) is 0 Å². The van der Waals surface area contributed by atoms with E-state index in [0.717, 1.165) is 0 Å². The van der Waals surface area contributed by atoms with Crippen molar-refractivity contribution in [2.24, 2.45) is 0 Å². The molecule has 7 heteroatoms. The molecule has 0 aliphatic rings. The van der Waals surface area contributed by atoms with Gasteiger partial charge >= 0.3 is 6.07 Å². The predicted octanol–water partition coefficient (Wildman–Crippen LogP) is 1.31. The summed E-state index contributed by atoms with van der Waals surface area (Å²) >= 11 is 8.81. The fraction of sp³-hybridized carbons (Fsp3) is 1.00. The average molecular weight is 225 g/mol. The molecule has 0 amide bonds. The summed E-state index contributed by atoms with van der Waals surface area (Å²) in [4.78, 5) is 7.61. The first kappa shape index (κ1) is 14.2. The lowest BCUT2D eigenvalue weighted by Crippen LogP contribution is -2.08. The van der Waals surface area contributed by atoms with Crippen molar-refractivity contribution in [3.63, 3.8) is 0 Å². The first-order chi connectivity index (χ1) is 4.81. The van der Waals surface area contributed by atoms with E-state index in [1.807, 2.05) is 6.92 Å². The van der Waals surface area contributed by atoms with Crippen LogP contribution in [-0.4, -0.2) is 27.8 Å². The number of rotatable bonds is 2. The van der Waals surface area contributed by atoms with Crippen LogP contribution in [-0.2, 0) is 4.57 Å². The summed E-state index contributed by atoms with van der Waals surface area (Å²) in [6.07, 6.45) is -3.57. The summed E-state index contributed by atoms with van der Waals surface area (Å²) in [6.45, 7) is 1.71. The maximum Gasteiger partial charge on any atom is 0.377 e. The molecule has 11 heavy (non-hydrogen) atoms. The highest BCUT2D eigenvalue weighted by Gasteiger charge is 2.02. The van der Waals surface area contributed by atoms with Crippen molar-refractivity contribution in [3.8, 4) is 0 Å². The Morgan fingerprint density at radius 3 is 1.82 bits per heavy atom. The van der Waals surface area contributed by atoms with Gasteiger partial charge in [-0.25, -0.2) is 0 Å². The summed E-state index contributed by atoms with van der Waals surface area (Å²) in [5.74, 6) is 0. The van der Waals surface area contributed by atoms with Crippen LogP contribution in [0.2, 0.25) is 0 Å². The fourth-order valence-electron chi connectivity index (χ4n) is 0.129. The van der Waals surface area contributed by atoms with E-state index < -0.39 is 12.2 Å². The quantitative estimate of drug-likeness (QED) is 0.619. The van der Waals surface area contributed by atoms with Gasteiger partial charge in [0.05, 0.1) is 12.7 Å². The zero-order valence-electron chi connectivity index (χ0n) is 5.94. The Bertz CT molecular complexity index is 113. The molecule has 1 atom stereocenters. The van der Waals surface area contributed by atoms with Crippen molar-refractivity contribution in [1.82, 2.24) is 0 Å². The molecule has 0 rings (SSSR count). The molecule has 4 nitrogen and oxygen atoms in total. The second-order valence-electron chi connectivity index (χ2n) is 1.68. The van der Waals surface area contributed by atoms with Crippen molar-refractivity contribution in [1.29, 1.82) is 0 Å². The van der Waals surface area contributed by atoms with Gasteiger partial charge in [0.25, 0.3) is 0 Å². The molecule has 0 bridgehead atoms. The molecule has 0 radical (unpaired) electrons. The second-order valence-corrected chi connectivity index (χ2v) is 5.82. The summed E-state index contributed by atoms with van der Waals surface area (Å²) < 4.78 is 9.30. The topological polar surface area (TPSA) is 77.8 Å². The first-order valence-corrected chi connectivity index (χ1v) is 6.29. The molecule has 0 aliphatic carbocycles. The maximum absolute atomic E-state index is 9.30. The van der Waals surface area contributed by atoms with Crippen LogP contribution in [0.25, 0.3) is 0 Å². The highest BCUT2D eigenvalue weighted by molar-refractivity contribution is 8.04. The number of hydrogen-bond donors (Lipinski definition) is 3. The molecule has 0 saturated heterocycles. The summed E-state index contributed by atoms with van der Waals surface area (Å²) in [5.41, 5.74) is 0. The first-order valence-electron chi connectivity index (χ1n) is 2.82. The number of aliphatic hydroxyl groups is 2. The van der Waals surface area contributed by atoms with Crippen LogP contribution in [0.15, 0.2) is 0 Å². The molecule has 0 fully saturated rings. The molecular formula is C4H11Cl2O4P. The number of halogens is 2. The minimum absolute atomic E-state index is 0.115. The van der Waals surface area contributed by atoms with Gasteiger partial charge in [-0.3, -0.25) is 4.57 Å². The lowest BCUT2D eigenvalue weighted by atomic mass is 10.3. The molecule has 0 aliphatic heterocycles. The molecule has 1 unspecified atom stereocenters. The van der Waals surface area contributed by atoms with E-state index in [4.69, 9.17) is 15.1 Å². The third kappa shape index (κ3) is 36.7. The van der Waals surface area contributed by atoms with E-state index in [-0.39, 0.29) is 6.61 Å². The Balaban J connectivity index is 0. The lowest BCUT2D eigenvalue weighted by molar-refractivity contribution is 0.0923. The van der Waals surface area contributed by atoms with E-state index in [0.29, 0.717) is 6.42 Å².